The van der Waals surface area contributed by atoms with E-state index in [1.165, 1.54) is 13.0 Å². The molecule has 0 spiro atoms. The van der Waals surface area contributed by atoms with Crippen molar-refractivity contribution in [2.45, 2.75) is 27.7 Å². The van der Waals surface area contributed by atoms with Gasteiger partial charge in [-0.15, -0.1) is 0 Å². The van der Waals surface area contributed by atoms with Crippen LogP contribution in [-0.2, 0) is 0 Å². The van der Waals surface area contributed by atoms with E-state index < -0.39 is 0 Å². The van der Waals surface area contributed by atoms with Gasteiger partial charge in [0.25, 0.3) is 0 Å². The van der Waals surface area contributed by atoms with Gasteiger partial charge in [0.05, 0.1) is 0 Å². The Hall–Kier alpha value is -5.96. The van der Waals surface area contributed by atoms with Crippen molar-refractivity contribution in [2.75, 3.05) is 19.8 Å². The number of para-hydroxylation sites is 3. The first-order chi connectivity index (χ1) is 22.5. The highest BCUT2D eigenvalue weighted by Crippen LogP contribution is 2.32. The van der Waals surface area contributed by atoms with Gasteiger partial charge in [-0.05, 0) is 45.0 Å². The number of nitrogen functional groups attached to an aromatic ring is 1. The normalized spacial score (nSPS) is 10.9. The number of rotatable bonds is 5. The number of hydrogen-bond acceptors (Lipinski definition) is 9. The van der Waals surface area contributed by atoms with E-state index in [0.29, 0.717) is 17.2 Å². The average Bonchev–Trinajstić information content (AvgIpc) is 3.71. The van der Waals surface area contributed by atoms with Crippen molar-refractivity contribution < 1.29 is 22.8 Å². The van der Waals surface area contributed by atoms with E-state index in [9.17, 15) is 9.59 Å². The molecule has 9 nitrogen and oxygen atoms in total. The Morgan fingerprint density at radius 3 is 1.68 bits per heavy atom. The van der Waals surface area contributed by atoms with Gasteiger partial charge in [0.15, 0.2) is 23.1 Å². The number of aryl methyl sites for hydroxylation is 3. The molecule has 0 aliphatic carbocycles. The molecular formula is C38H36N4O5. The van der Waals surface area contributed by atoms with E-state index in [1.54, 1.807) is 18.5 Å². The van der Waals surface area contributed by atoms with Crippen LogP contribution < -0.4 is 5.73 Å². The fraction of sp³-hybridized carbons (Fsp3) is 0.158. The first kappa shape index (κ1) is 32.4. The van der Waals surface area contributed by atoms with Gasteiger partial charge in [-0.2, -0.15) is 0 Å². The summed E-state index contributed by atoms with van der Waals surface area (Å²) < 4.78 is 16.8. The number of carbonyl (C=O) groups is 2. The van der Waals surface area contributed by atoms with E-state index in [-0.39, 0.29) is 17.5 Å². The number of nitrogens with zero attached hydrogens (tertiary/aromatic N) is 3. The molecule has 0 amide bonds. The van der Waals surface area contributed by atoms with Crippen LogP contribution in [0.25, 0.3) is 44.4 Å². The summed E-state index contributed by atoms with van der Waals surface area (Å²) in [4.78, 5) is 32.9. The van der Waals surface area contributed by atoms with E-state index >= 15 is 0 Å². The molecule has 47 heavy (non-hydrogen) atoms. The molecule has 0 bridgehead atoms. The second kappa shape index (κ2) is 14.0. The molecular weight excluding hydrogens is 592 g/mol. The lowest BCUT2D eigenvalue weighted by Crippen LogP contribution is -2.03. The van der Waals surface area contributed by atoms with Gasteiger partial charge < -0.3 is 23.9 Å². The molecule has 9 heteroatoms. The third-order valence-electron chi connectivity index (χ3n) is 7.51. The second-order valence-electron chi connectivity index (χ2n) is 11.2. The number of Topliss-reactive ketones (excluding diaryl/α,β-unsaturated/α-hetero) is 1. The summed E-state index contributed by atoms with van der Waals surface area (Å²) in [5.74, 6) is 1.77. The number of nitrogens with two attached hydrogens (primary N) is 1. The number of allylic oxidation sites excluding steroid dienone is 1. The number of hydrogen-bond donors (Lipinski definition) is 1. The molecule has 0 unspecified atom stereocenters. The molecule has 7 aromatic rings. The molecule has 4 aromatic heterocycles. The highest BCUT2D eigenvalue weighted by atomic mass is 16.4. The fourth-order valence-corrected chi connectivity index (χ4v) is 5.13. The van der Waals surface area contributed by atoms with Crippen LogP contribution in [-0.4, -0.2) is 40.5 Å². The van der Waals surface area contributed by atoms with Crippen LogP contribution in [0.4, 0.5) is 5.95 Å². The summed E-state index contributed by atoms with van der Waals surface area (Å²) in [5, 5.41) is 3.11. The zero-order valence-corrected chi connectivity index (χ0v) is 27.2. The van der Waals surface area contributed by atoms with Gasteiger partial charge in [0, 0.05) is 72.3 Å². The molecule has 0 radical (unpaired) electrons. The van der Waals surface area contributed by atoms with Gasteiger partial charge in [0.1, 0.15) is 22.4 Å². The van der Waals surface area contributed by atoms with Crippen molar-refractivity contribution in [2.24, 2.45) is 0 Å². The molecule has 238 valence electrons. The highest BCUT2D eigenvalue weighted by molar-refractivity contribution is 6.06. The summed E-state index contributed by atoms with van der Waals surface area (Å²) in [6.07, 6.45) is 4.87. The minimum Gasteiger partial charge on any atom is -0.454 e. The molecule has 4 heterocycles. The third kappa shape index (κ3) is 7.15. The van der Waals surface area contributed by atoms with Crippen molar-refractivity contribution in [3.63, 3.8) is 0 Å². The van der Waals surface area contributed by atoms with Gasteiger partial charge >= 0.3 is 0 Å². The first-order valence-electron chi connectivity index (χ1n) is 15.0. The van der Waals surface area contributed by atoms with Crippen molar-refractivity contribution in [1.29, 1.82) is 0 Å². The predicted molar refractivity (Wildman–Crippen MR) is 185 cm³/mol. The zero-order chi connectivity index (χ0) is 33.7. The Kier molecular flexibility index (Phi) is 9.66. The van der Waals surface area contributed by atoms with E-state index in [1.807, 2.05) is 113 Å². The van der Waals surface area contributed by atoms with Crippen molar-refractivity contribution >= 4 is 50.4 Å². The summed E-state index contributed by atoms with van der Waals surface area (Å²) in [6.45, 7) is 7.34. The maximum absolute atomic E-state index is 11.9. The smallest absolute Gasteiger partial charge is 0.222 e. The summed E-state index contributed by atoms with van der Waals surface area (Å²) >= 11 is 0. The van der Waals surface area contributed by atoms with Gasteiger partial charge in [-0.1, -0.05) is 54.6 Å². The van der Waals surface area contributed by atoms with Crippen LogP contribution >= 0.6 is 0 Å². The number of fused-ring (bicyclic) bond motifs is 3. The Labute approximate surface area is 272 Å². The molecule has 2 N–H and O–H groups in total. The molecule has 0 saturated carbocycles. The van der Waals surface area contributed by atoms with Crippen LogP contribution in [0.2, 0.25) is 0 Å². The number of furan rings is 3. The summed E-state index contributed by atoms with van der Waals surface area (Å²) in [6, 6.07) is 25.0. The zero-order valence-electron chi connectivity index (χ0n) is 27.2. The second-order valence-corrected chi connectivity index (χ2v) is 11.2. The average molecular weight is 629 g/mol. The molecule has 0 saturated heterocycles. The largest absolute Gasteiger partial charge is 0.454 e. The van der Waals surface area contributed by atoms with E-state index in [0.717, 1.165) is 55.4 Å². The minimum absolute atomic E-state index is 0.0197. The quantitative estimate of drug-likeness (QED) is 0.147. The van der Waals surface area contributed by atoms with Crippen LogP contribution in [0.3, 0.4) is 0 Å². The summed E-state index contributed by atoms with van der Waals surface area (Å²) in [5.41, 5.74) is 11.6. The number of carbonyl (C=O) groups excluding carboxylic acids is 2. The minimum atomic E-state index is -0.104. The fourth-order valence-electron chi connectivity index (χ4n) is 5.13. The molecule has 3 aromatic carbocycles. The lowest BCUT2D eigenvalue weighted by molar-refractivity contribution is 0.0986. The number of benzene rings is 3. The Bertz CT molecular complexity index is 2240. The Morgan fingerprint density at radius 2 is 1.19 bits per heavy atom. The monoisotopic (exact) mass is 628 g/mol. The molecule has 7 rings (SSSR count). The number of ketones is 2. The highest BCUT2D eigenvalue weighted by Gasteiger charge is 2.16. The lowest BCUT2D eigenvalue weighted by atomic mass is 10.1. The van der Waals surface area contributed by atoms with Crippen molar-refractivity contribution in [3.8, 4) is 11.5 Å². The van der Waals surface area contributed by atoms with E-state index in [2.05, 4.69) is 9.97 Å². The van der Waals surface area contributed by atoms with Crippen LogP contribution in [0.15, 0.2) is 111 Å². The predicted octanol–water partition coefficient (Wildman–Crippen LogP) is 8.72. The van der Waals surface area contributed by atoms with Gasteiger partial charge in [-0.3, -0.25) is 9.59 Å². The van der Waals surface area contributed by atoms with Crippen LogP contribution in [0.5, 0.6) is 0 Å². The Morgan fingerprint density at radius 1 is 0.702 bits per heavy atom. The van der Waals surface area contributed by atoms with E-state index in [4.69, 9.17) is 19.0 Å². The van der Waals surface area contributed by atoms with Crippen molar-refractivity contribution in [3.05, 3.63) is 126 Å². The van der Waals surface area contributed by atoms with Crippen molar-refractivity contribution in [1.82, 2.24) is 14.9 Å². The number of anilines is 1. The standard InChI is InChI=1S/C14H15NO2.C13H11N3O.C11H10O2/c1-10-11-6-4-5-7-13(11)17-14(10)12(16)8-9-15(2)3;1-8-9-4-2-3-5-11(9)17-12(8)10-6-7-15-13(14)16-10;1-7-9-5-3-4-6-10(9)13-11(7)8(2)12/h4-9H,1-3H3;2-7H,1H3,(H2,14,15,16);3-6H,1-2H3/b9-8+;;. The molecule has 0 aliphatic rings. The van der Waals surface area contributed by atoms with Crippen LogP contribution in [0.1, 0.15) is 44.7 Å². The lowest BCUT2D eigenvalue weighted by Gasteiger charge is -2.01. The Balaban J connectivity index is 0.000000140. The number of aromatic nitrogens is 2. The molecule has 0 aliphatic heterocycles. The maximum Gasteiger partial charge on any atom is 0.222 e. The van der Waals surface area contributed by atoms with Crippen LogP contribution in [0, 0.1) is 20.8 Å². The molecule has 0 fully saturated rings. The summed E-state index contributed by atoms with van der Waals surface area (Å²) in [7, 11) is 3.74. The SMILES string of the molecule is CC(=O)c1oc2ccccc2c1C.Cc1c(-c2ccnc(N)n2)oc2ccccc12.Cc1c(C(=O)/C=C/N(C)C)oc2ccccc12. The maximum atomic E-state index is 11.9. The van der Waals surface area contributed by atoms with Gasteiger partial charge in [0.2, 0.25) is 11.7 Å². The van der Waals surface area contributed by atoms with Gasteiger partial charge in [-0.25, -0.2) is 9.97 Å². The molecule has 0 atom stereocenters. The first-order valence-corrected chi connectivity index (χ1v) is 15.0. The third-order valence-corrected chi connectivity index (χ3v) is 7.51. The topological polar surface area (TPSA) is 129 Å².